The summed E-state index contributed by atoms with van der Waals surface area (Å²) >= 11 is 0. The summed E-state index contributed by atoms with van der Waals surface area (Å²) in [6.45, 7) is 8.46. The van der Waals surface area contributed by atoms with E-state index >= 15 is 0 Å². The Morgan fingerprint density at radius 3 is 2.30 bits per heavy atom. The number of carbonyl (C=O) groups excluding carboxylic acids is 1. The molecule has 1 aromatic heterocycles. The van der Waals surface area contributed by atoms with Crippen molar-refractivity contribution >= 4 is 19.4 Å². The molecule has 0 spiro atoms. The summed E-state index contributed by atoms with van der Waals surface area (Å²) in [4.78, 5) is 11.4. The van der Waals surface area contributed by atoms with Crippen LogP contribution in [-0.2, 0) is 9.53 Å². The van der Waals surface area contributed by atoms with Crippen LogP contribution in [0.1, 0.15) is 63.5 Å². The molecule has 0 aliphatic rings. The number of hydrogen-bond acceptors (Lipinski definition) is 4. The average Bonchev–Trinajstić information content (AvgIpc) is 2.94. The van der Waals surface area contributed by atoms with Crippen molar-refractivity contribution in [3.05, 3.63) is 17.9 Å². The van der Waals surface area contributed by atoms with Gasteiger partial charge in [0.15, 0.2) is 0 Å². The molecule has 1 atom stereocenters. The van der Waals surface area contributed by atoms with Gasteiger partial charge in [0, 0.05) is 19.1 Å². The second kappa shape index (κ2) is 9.93. The van der Waals surface area contributed by atoms with E-state index in [1.54, 1.807) is 6.26 Å². The quantitative estimate of drug-likeness (QED) is 0.373. The minimum absolute atomic E-state index is 0.196. The van der Waals surface area contributed by atoms with Crippen molar-refractivity contribution in [2.75, 3.05) is 6.61 Å². The molecule has 0 radical (unpaired) electrons. The van der Waals surface area contributed by atoms with Crippen LogP contribution in [0.25, 0.3) is 0 Å². The van der Waals surface area contributed by atoms with Crippen LogP contribution >= 0.6 is 0 Å². The van der Waals surface area contributed by atoms with Crippen LogP contribution in [0.4, 0.5) is 0 Å². The number of hydrogen-bond donors (Lipinski definition) is 1. The standard InChI is InChI=1S/C18H32O4Si/c1-15(20)22-17(11-9-7-5-6-8-10-12-19)16-13-18(21-14-16)23(2,3)4/h13-14,17,19H,5-12H2,1-4H3. The van der Waals surface area contributed by atoms with Crippen molar-refractivity contribution in [1.29, 1.82) is 0 Å². The molecule has 0 aliphatic heterocycles. The van der Waals surface area contributed by atoms with Gasteiger partial charge in [-0.3, -0.25) is 4.79 Å². The molecule has 0 aliphatic carbocycles. The fourth-order valence-corrected chi connectivity index (χ4v) is 3.57. The molecule has 1 rings (SSSR count). The van der Waals surface area contributed by atoms with E-state index in [1.807, 2.05) is 0 Å². The predicted octanol–water partition coefficient (Wildman–Crippen LogP) is 4.15. The monoisotopic (exact) mass is 340 g/mol. The molecule has 0 amide bonds. The highest BCUT2D eigenvalue weighted by atomic mass is 28.3. The van der Waals surface area contributed by atoms with E-state index in [1.165, 1.54) is 13.3 Å². The van der Waals surface area contributed by atoms with E-state index < -0.39 is 8.07 Å². The van der Waals surface area contributed by atoms with Gasteiger partial charge in [-0.1, -0.05) is 45.3 Å². The molecule has 0 bridgehead atoms. The molecule has 0 saturated heterocycles. The maximum Gasteiger partial charge on any atom is 0.303 e. The van der Waals surface area contributed by atoms with E-state index in [2.05, 4.69) is 25.7 Å². The van der Waals surface area contributed by atoms with Crippen molar-refractivity contribution in [3.63, 3.8) is 0 Å². The third-order valence-corrected chi connectivity index (χ3v) is 5.65. The minimum Gasteiger partial charge on any atom is -0.474 e. The molecule has 0 fully saturated rings. The maximum absolute atomic E-state index is 11.4. The number of rotatable bonds is 11. The predicted molar refractivity (Wildman–Crippen MR) is 95.6 cm³/mol. The van der Waals surface area contributed by atoms with Gasteiger partial charge in [0.2, 0.25) is 0 Å². The summed E-state index contributed by atoms with van der Waals surface area (Å²) in [6.07, 6.45) is 8.86. The zero-order chi connectivity index (χ0) is 17.3. The Morgan fingerprint density at radius 2 is 1.78 bits per heavy atom. The Morgan fingerprint density at radius 1 is 1.17 bits per heavy atom. The first-order valence-corrected chi connectivity index (χ1v) is 12.2. The first-order valence-electron chi connectivity index (χ1n) is 8.71. The molecule has 1 unspecified atom stereocenters. The Hall–Kier alpha value is -1.07. The number of esters is 1. The third-order valence-electron chi connectivity index (χ3n) is 3.91. The normalized spacial score (nSPS) is 13.1. The minimum atomic E-state index is -1.48. The summed E-state index contributed by atoms with van der Waals surface area (Å²) in [6, 6.07) is 2.07. The molecule has 5 heteroatoms. The van der Waals surface area contributed by atoms with Gasteiger partial charge < -0.3 is 14.3 Å². The number of aliphatic hydroxyl groups is 1. The van der Waals surface area contributed by atoms with E-state index in [0.717, 1.165) is 49.5 Å². The summed E-state index contributed by atoms with van der Waals surface area (Å²) in [5.41, 5.74) is 0.984. The van der Waals surface area contributed by atoms with Crippen LogP contribution < -0.4 is 5.38 Å². The summed E-state index contributed by atoms with van der Waals surface area (Å²) in [7, 11) is -1.48. The Labute approximate surface area is 141 Å². The molecule has 23 heavy (non-hydrogen) atoms. The Kier molecular flexibility index (Phi) is 8.62. The lowest BCUT2D eigenvalue weighted by Crippen LogP contribution is -2.36. The zero-order valence-corrected chi connectivity index (χ0v) is 16.1. The second-order valence-electron chi connectivity index (χ2n) is 7.23. The summed E-state index contributed by atoms with van der Waals surface area (Å²) in [5.74, 6) is -0.242. The van der Waals surface area contributed by atoms with Crippen molar-refractivity contribution in [1.82, 2.24) is 0 Å². The largest absolute Gasteiger partial charge is 0.474 e. The number of carbonyl (C=O) groups is 1. The second-order valence-corrected chi connectivity index (χ2v) is 12.2. The van der Waals surface area contributed by atoms with Crippen LogP contribution in [0.3, 0.4) is 0 Å². The fourth-order valence-electron chi connectivity index (χ4n) is 2.56. The lowest BCUT2D eigenvalue weighted by atomic mass is 10.0. The number of furan rings is 1. The Balaban J connectivity index is 2.49. The first kappa shape index (κ1) is 20.0. The van der Waals surface area contributed by atoms with Crippen molar-refractivity contribution < 1.29 is 19.1 Å². The first-order chi connectivity index (χ1) is 10.8. The zero-order valence-electron chi connectivity index (χ0n) is 15.1. The molecular weight excluding hydrogens is 308 g/mol. The molecular formula is C18H32O4Si. The van der Waals surface area contributed by atoms with Gasteiger partial charge in [0.25, 0.3) is 0 Å². The van der Waals surface area contributed by atoms with Gasteiger partial charge in [0.05, 0.1) is 11.6 Å². The number of ether oxygens (including phenoxy) is 1. The van der Waals surface area contributed by atoms with Crippen LogP contribution in [0.15, 0.2) is 16.7 Å². The molecule has 0 aromatic carbocycles. The van der Waals surface area contributed by atoms with Crippen LogP contribution in [0.5, 0.6) is 0 Å². The lowest BCUT2D eigenvalue weighted by Gasteiger charge is -2.15. The van der Waals surface area contributed by atoms with Gasteiger partial charge in [-0.2, -0.15) is 0 Å². The molecule has 4 nitrogen and oxygen atoms in total. The third kappa shape index (κ3) is 7.84. The number of aliphatic hydroxyl groups excluding tert-OH is 1. The highest BCUT2D eigenvalue weighted by Gasteiger charge is 2.24. The molecule has 132 valence electrons. The van der Waals surface area contributed by atoms with Gasteiger partial charge >= 0.3 is 5.97 Å². The fraction of sp³-hybridized carbons (Fsp3) is 0.722. The average molecular weight is 341 g/mol. The molecule has 1 N–H and O–H groups in total. The summed E-state index contributed by atoms with van der Waals surface area (Å²) in [5, 5.41) is 9.81. The van der Waals surface area contributed by atoms with E-state index in [0.29, 0.717) is 0 Å². The van der Waals surface area contributed by atoms with Gasteiger partial charge in [-0.05, 0) is 25.3 Å². The highest BCUT2D eigenvalue weighted by Crippen LogP contribution is 2.25. The van der Waals surface area contributed by atoms with Gasteiger partial charge in [-0.15, -0.1) is 0 Å². The van der Waals surface area contributed by atoms with Crippen molar-refractivity contribution in [2.24, 2.45) is 0 Å². The van der Waals surface area contributed by atoms with Gasteiger partial charge in [0.1, 0.15) is 14.2 Å². The highest BCUT2D eigenvalue weighted by molar-refractivity contribution is 6.87. The van der Waals surface area contributed by atoms with Crippen molar-refractivity contribution in [2.45, 2.75) is 77.6 Å². The van der Waals surface area contributed by atoms with Crippen molar-refractivity contribution in [3.8, 4) is 0 Å². The lowest BCUT2D eigenvalue weighted by molar-refractivity contribution is -0.147. The maximum atomic E-state index is 11.4. The molecule has 0 saturated carbocycles. The van der Waals surface area contributed by atoms with Gasteiger partial charge in [-0.25, -0.2) is 0 Å². The van der Waals surface area contributed by atoms with E-state index in [-0.39, 0.29) is 18.7 Å². The van der Waals surface area contributed by atoms with E-state index in [4.69, 9.17) is 14.3 Å². The summed E-state index contributed by atoms with van der Waals surface area (Å²) < 4.78 is 11.2. The van der Waals surface area contributed by atoms with E-state index in [9.17, 15) is 4.79 Å². The SMILES string of the molecule is CC(=O)OC(CCCCCCCCO)c1coc([Si](C)(C)C)c1. The molecule has 1 aromatic rings. The van der Waals surface area contributed by atoms with Crippen LogP contribution in [0.2, 0.25) is 19.6 Å². The smallest absolute Gasteiger partial charge is 0.303 e. The topological polar surface area (TPSA) is 59.7 Å². The molecule has 1 heterocycles. The van der Waals surface area contributed by atoms with Crippen LogP contribution in [-0.4, -0.2) is 25.8 Å². The number of unbranched alkanes of at least 4 members (excludes halogenated alkanes) is 5. The van der Waals surface area contributed by atoms with Crippen LogP contribution in [0, 0.1) is 0 Å². The Bertz CT molecular complexity index is 462.